The molecule has 6 nitrogen and oxygen atoms in total. The van der Waals surface area contributed by atoms with Crippen LogP contribution in [0.2, 0.25) is 0 Å². The molecule has 130 valence electrons. The van der Waals surface area contributed by atoms with Crippen LogP contribution in [0.3, 0.4) is 0 Å². The Bertz CT molecular complexity index is 1150. The minimum Gasteiger partial charge on any atom is -0.493 e. The van der Waals surface area contributed by atoms with Gasteiger partial charge in [0.05, 0.1) is 11.6 Å². The maximum absolute atomic E-state index is 12.3. The van der Waals surface area contributed by atoms with Crippen LogP contribution in [0.25, 0.3) is 11.0 Å². The Morgan fingerprint density at radius 2 is 2.00 bits per heavy atom. The van der Waals surface area contributed by atoms with Crippen molar-refractivity contribution in [3.05, 3.63) is 80.9 Å². The third kappa shape index (κ3) is 3.16. The summed E-state index contributed by atoms with van der Waals surface area (Å²) in [4.78, 5) is 16.9. The van der Waals surface area contributed by atoms with Crippen LogP contribution < -0.4 is 19.6 Å². The number of fused-ring (bicyclic) bond motifs is 1. The fraction of sp³-hybridized carbons (Fsp3) is 0.105. The normalized spacial score (nSPS) is 11.8. The summed E-state index contributed by atoms with van der Waals surface area (Å²) < 4.78 is 13.2. The molecule has 2 aromatic carbocycles. The average Bonchev–Trinajstić information content (AvgIpc) is 3.25. The van der Waals surface area contributed by atoms with Gasteiger partial charge in [-0.25, -0.2) is 4.98 Å². The highest BCUT2D eigenvalue weighted by Gasteiger charge is 2.08. The number of benzene rings is 2. The van der Waals surface area contributed by atoms with E-state index in [4.69, 9.17) is 9.47 Å². The van der Waals surface area contributed by atoms with Crippen LogP contribution in [-0.4, -0.2) is 21.7 Å². The Morgan fingerprint density at radius 1 is 1.15 bits per heavy atom. The van der Waals surface area contributed by atoms with Crippen LogP contribution >= 0.6 is 11.3 Å². The molecule has 0 spiro atoms. The van der Waals surface area contributed by atoms with Crippen LogP contribution in [0.1, 0.15) is 11.1 Å². The van der Waals surface area contributed by atoms with Crippen molar-refractivity contribution in [1.82, 2.24) is 14.6 Å². The van der Waals surface area contributed by atoms with Crippen molar-refractivity contribution in [3.8, 4) is 11.5 Å². The van der Waals surface area contributed by atoms with Gasteiger partial charge in [-0.3, -0.25) is 4.79 Å². The molecule has 0 saturated carbocycles. The van der Waals surface area contributed by atoms with E-state index in [1.54, 1.807) is 13.2 Å². The van der Waals surface area contributed by atoms with Crippen molar-refractivity contribution >= 4 is 22.4 Å². The van der Waals surface area contributed by atoms with Crippen molar-refractivity contribution in [2.24, 2.45) is 0 Å². The molecule has 0 aliphatic heterocycles. The molecule has 0 fully saturated rings. The molecule has 0 aliphatic carbocycles. The van der Waals surface area contributed by atoms with Crippen molar-refractivity contribution in [2.75, 3.05) is 7.11 Å². The van der Waals surface area contributed by atoms with E-state index in [1.807, 2.05) is 48.5 Å². The van der Waals surface area contributed by atoms with Gasteiger partial charge in [-0.05, 0) is 29.3 Å². The highest BCUT2D eigenvalue weighted by atomic mass is 32.1. The minimum atomic E-state index is -0.175. The van der Waals surface area contributed by atoms with Crippen molar-refractivity contribution in [2.45, 2.75) is 6.61 Å². The molecule has 7 heteroatoms. The van der Waals surface area contributed by atoms with Gasteiger partial charge >= 0.3 is 0 Å². The number of hydrogen-bond acceptors (Lipinski definition) is 6. The van der Waals surface area contributed by atoms with Crippen LogP contribution in [-0.2, 0) is 6.61 Å². The summed E-state index contributed by atoms with van der Waals surface area (Å²) in [5, 5.41) is 3.92. The SMILES string of the molecule is COc1cc(/C=c2/sc3ncnn3c2=O)ccc1OCc1ccccc1. The summed E-state index contributed by atoms with van der Waals surface area (Å²) in [6.45, 7) is 0.457. The van der Waals surface area contributed by atoms with E-state index in [9.17, 15) is 4.79 Å². The first-order chi connectivity index (χ1) is 12.7. The van der Waals surface area contributed by atoms with Gasteiger partial charge in [0, 0.05) is 0 Å². The number of hydrogen-bond donors (Lipinski definition) is 0. The molecule has 26 heavy (non-hydrogen) atoms. The van der Waals surface area contributed by atoms with E-state index in [-0.39, 0.29) is 5.56 Å². The maximum atomic E-state index is 12.3. The molecule has 0 amide bonds. The Balaban J connectivity index is 1.62. The van der Waals surface area contributed by atoms with Gasteiger partial charge in [0.25, 0.3) is 5.56 Å². The van der Waals surface area contributed by atoms with Gasteiger partial charge < -0.3 is 9.47 Å². The van der Waals surface area contributed by atoms with Crippen molar-refractivity contribution < 1.29 is 9.47 Å². The molecule has 2 heterocycles. The van der Waals surface area contributed by atoms with Crippen LogP contribution in [0.4, 0.5) is 0 Å². The zero-order valence-corrected chi connectivity index (χ0v) is 14.8. The molecule has 0 atom stereocenters. The lowest BCUT2D eigenvalue weighted by Gasteiger charge is -2.11. The Morgan fingerprint density at radius 3 is 2.77 bits per heavy atom. The van der Waals surface area contributed by atoms with E-state index in [1.165, 1.54) is 22.2 Å². The summed E-state index contributed by atoms with van der Waals surface area (Å²) in [5.41, 5.74) is 1.75. The standard InChI is InChI=1S/C19H15N3O3S/c1-24-16-9-14(10-17-18(23)22-19(26-17)20-12-21-22)7-8-15(16)25-11-13-5-3-2-4-6-13/h2-10,12H,11H2,1H3/b17-10+. The largest absolute Gasteiger partial charge is 0.493 e. The molecule has 2 aromatic heterocycles. The van der Waals surface area contributed by atoms with E-state index < -0.39 is 0 Å². The summed E-state index contributed by atoms with van der Waals surface area (Å²) in [6, 6.07) is 15.5. The predicted molar refractivity (Wildman–Crippen MR) is 99.7 cm³/mol. The summed E-state index contributed by atoms with van der Waals surface area (Å²) in [5.74, 6) is 1.26. The first-order valence-electron chi connectivity index (χ1n) is 7.93. The number of methoxy groups -OCH3 is 1. The van der Waals surface area contributed by atoms with E-state index in [2.05, 4.69) is 10.1 Å². The average molecular weight is 365 g/mol. The topological polar surface area (TPSA) is 65.7 Å². The van der Waals surface area contributed by atoms with E-state index >= 15 is 0 Å². The van der Waals surface area contributed by atoms with E-state index in [0.29, 0.717) is 27.6 Å². The number of thiazole rings is 1. The molecular weight excluding hydrogens is 350 g/mol. The molecule has 0 aliphatic rings. The number of aromatic nitrogens is 3. The smallest absolute Gasteiger partial charge is 0.291 e. The van der Waals surface area contributed by atoms with Crippen LogP contribution in [0, 0.1) is 0 Å². The molecule has 0 bridgehead atoms. The lowest BCUT2D eigenvalue weighted by atomic mass is 10.2. The van der Waals surface area contributed by atoms with Crippen LogP contribution in [0.15, 0.2) is 59.7 Å². The molecule has 0 unspecified atom stereocenters. The summed E-state index contributed by atoms with van der Waals surface area (Å²) in [6.07, 6.45) is 3.17. The van der Waals surface area contributed by atoms with Gasteiger partial charge in [-0.1, -0.05) is 47.7 Å². The van der Waals surface area contributed by atoms with Gasteiger partial charge in [0.2, 0.25) is 4.96 Å². The molecule has 0 radical (unpaired) electrons. The summed E-state index contributed by atoms with van der Waals surface area (Å²) >= 11 is 1.30. The molecule has 4 rings (SSSR count). The number of rotatable bonds is 5. The van der Waals surface area contributed by atoms with Gasteiger partial charge in [0.1, 0.15) is 12.9 Å². The lowest BCUT2D eigenvalue weighted by Crippen LogP contribution is -2.23. The van der Waals surface area contributed by atoms with Gasteiger partial charge in [-0.2, -0.15) is 9.61 Å². The Kier molecular flexibility index (Phi) is 4.37. The second-order valence-electron chi connectivity index (χ2n) is 5.55. The zero-order valence-electron chi connectivity index (χ0n) is 14.0. The van der Waals surface area contributed by atoms with Gasteiger partial charge in [0.15, 0.2) is 11.5 Å². The summed E-state index contributed by atoms with van der Waals surface area (Å²) in [7, 11) is 1.59. The Hall–Kier alpha value is -3.19. The Labute approximate surface area is 153 Å². The first kappa shape index (κ1) is 16.3. The zero-order chi connectivity index (χ0) is 17.9. The lowest BCUT2D eigenvalue weighted by molar-refractivity contribution is 0.284. The molecule has 4 aromatic rings. The maximum Gasteiger partial charge on any atom is 0.291 e. The third-order valence-corrected chi connectivity index (χ3v) is 4.82. The van der Waals surface area contributed by atoms with E-state index in [0.717, 1.165) is 11.1 Å². The second kappa shape index (κ2) is 6.97. The fourth-order valence-electron chi connectivity index (χ4n) is 2.56. The van der Waals surface area contributed by atoms with Crippen LogP contribution in [0.5, 0.6) is 11.5 Å². The quantitative estimate of drug-likeness (QED) is 0.543. The van der Waals surface area contributed by atoms with Crippen molar-refractivity contribution in [3.63, 3.8) is 0 Å². The van der Waals surface area contributed by atoms with Crippen molar-refractivity contribution in [1.29, 1.82) is 0 Å². The molecule has 0 saturated heterocycles. The molecular formula is C19H15N3O3S. The predicted octanol–water partition coefficient (Wildman–Crippen LogP) is 2.29. The highest BCUT2D eigenvalue weighted by Crippen LogP contribution is 2.29. The monoisotopic (exact) mass is 365 g/mol. The number of ether oxygens (including phenoxy) is 2. The fourth-order valence-corrected chi connectivity index (χ4v) is 3.44. The number of nitrogens with zero attached hydrogens (tertiary/aromatic N) is 3. The second-order valence-corrected chi connectivity index (χ2v) is 6.56. The minimum absolute atomic E-state index is 0.175. The molecule has 0 N–H and O–H groups in total. The highest BCUT2D eigenvalue weighted by molar-refractivity contribution is 7.15. The third-order valence-electron chi connectivity index (χ3n) is 3.84. The first-order valence-corrected chi connectivity index (χ1v) is 8.75. The van der Waals surface area contributed by atoms with Gasteiger partial charge in [-0.15, -0.1) is 0 Å².